The highest BCUT2D eigenvalue weighted by atomic mass is 16.5. The highest BCUT2D eigenvalue weighted by molar-refractivity contribution is 5.97. The van der Waals surface area contributed by atoms with Crippen molar-refractivity contribution in [3.63, 3.8) is 0 Å². The first-order valence-electron chi connectivity index (χ1n) is 6.16. The van der Waals surface area contributed by atoms with Crippen molar-refractivity contribution in [2.45, 2.75) is 19.8 Å². The van der Waals surface area contributed by atoms with E-state index >= 15 is 0 Å². The number of Topliss-reactive ketones (excluding diaryl/α,β-unsaturated/α-hetero) is 1. The van der Waals surface area contributed by atoms with Gasteiger partial charge in [-0.25, -0.2) is 0 Å². The monoisotopic (exact) mass is 247 g/mol. The number of amides is 1. The zero-order chi connectivity index (χ0) is 13.0. The van der Waals surface area contributed by atoms with Crippen LogP contribution in [0.4, 0.5) is 5.69 Å². The largest absolute Gasteiger partial charge is 0.381 e. The van der Waals surface area contributed by atoms with Crippen molar-refractivity contribution in [2.75, 3.05) is 18.5 Å². The summed E-state index contributed by atoms with van der Waals surface area (Å²) in [5.74, 6) is -0.123. The molecule has 0 radical (unpaired) electrons. The van der Waals surface area contributed by atoms with Gasteiger partial charge in [0.25, 0.3) is 0 Å². The van der Waals surface area contributed by atoms with Crippen molar-refractivity contribution in [1.82, 2.24) is 0 Å². The summed E-state index contributed by atoms with van der Waals surface area (Å²) < 4.78 is 5.29. The standard InChI is InChI=1S/C14H17NO3/c1-10(16)11-4-2-6-13(8-11)15-14(17)12-5-3-7-18-9-12/h2,4,6,8,12H,3,5,7,9H2,1H3,(H,15,17). The van der Waals surface area contributed by atoms with Crippen LogP contribution in [0, 0.1) is 5.92 Å². The van der Waals surface area contributed by atoms with Crippen LogP contribution < -0.4 is 5.32 Å². The Morgan fingerprint density at radius 1 is 1.39 bits per heavy atom. The molecule has 18 heavy (non-hydrogen) atoms. The molecule has 1 fully saturated rings. The Morgan fingerprint density at radius 2 is 2.22 bits per heavy atom. The van der Waals surface area contributed by atoms with Gasteiger partial charge in [-0.2, -0.15) is 0 Å². The smallest absolute Gasteiger partial charge is 0.229 e. The molecule has 1 atom stereocenters. The molecule has 0 aromatic heterocycles. The summed E-state index contributed by atoms with van der Waals surface area (Å²) in [5, 5.41) is 2.84. The van der Waals surface area contributed by atoms with E-state index in [1.165, 1.54) is 6.92 Å². The number of benzene rings is 1. The molecule has 1 aliphatic rings. The number of carbonyl (C=O) groups excluding carboxylic acids is 2. The number of carbonyl (C=O) groups is 2. The minimum Gasteiger partial charge on any atom is -0.381 e. The summed E-state index contributed by atoms with van der Waals surface area (Å²) >= 11 is 0. The van der Waals surface area contributed by atoms with Gasteiger partial charge in [0.1, 0.15) is 0 Å². The quantitative estimate of drug-likeness (QED) is 0.833. The van der Waals surface area contributed by atoms with Crippen molar-refractivity contribution >= 4 is 17.4 Å². The van der Waals surface area contributed by atoms with Gasteiger partial charge in [-0.15, -0.1) is 0 Å². The van der Waals surface area contributed by atoms with Crippen molar-refractivity contribution in [2.24, 2.45) is 5.92 Å². The number of hydrogen-bond donors (Lipinski definition) is 1. The maximum absolute atomic E-state index is 12.0. The Balaban J connectivity index is 2.02. The lowest BCUT2D eigenvalue weighted by atomic mass is 10.0. The molecule has 96 valence electrons. The Hall–Kier alpha value is -1.68. The molecule has 0 saturated carbocycles. The molecule has 1 saturated heterocycles. The first-order valence-corrected chi connectivity index (χ1v) is 6.16. The average Bonchev–Trinajstić information content (AvgIpc) is 2.40. The van der Waals surface area contributed by atoms with Gasteiger partial charge in [0, 0.05) is 17.9 Å². The first-order chi connectivity index (χ1) is 8.66. The number of hydrogen-bond acceptors (Lipinski definition) is 3. The van der Waals surface area contributed by atoms with Crippen LogP contribution in [-0.2, 0) is 9.53 Å². The van der Waals surface area contributed by atoms with Gasteiger partial charge in [-0.05, 0) is 31.9 Å². The summed E-state index contributed by atoms with van der Waals surface area (Å²) in [6.45, 7) is 2.73. The SMILES string of the molecule is CC(=O)c1cccc(NC(=O)C2CCCOC2)c1. The van der Waals surface area contributed by atoms with Gasteiger partial charge < -0.3 is 10.1 Å². The molecule has 4 nitrogen and oxygen atoms in total. The lowest BCUT2D eigenvalue weighted by molar-refractivity contribution is -0.123. The van der Waals surface area contributed by atoms with Crippen LogP contribution in [0.25, 0.3) is 0 Å². The van der Waals surface area contributed by atoms with E-state index in [0.29, 0.717) is 17.9 Å². The normalized spacial score (nSPS) is 19.3. The van der Waals surface area contributed by atoms with E-state index in [4.69, 9.17) is 4.74 Å². The second kappa shape index (κ2) is 5.78. The van der Waals surface area contributed by atoms with Crippen LogP contribution in [-0.4, -0.2) is 24.9 Å². The zero-order valence-electron chi connectivity index (χ0n) is 10.4. The molecule has 1 aliphatic heterocycles. The molecule has 1 amide bonds. The second-order valence-electron chi connectivity index (χ2n) is 4.54. The fraction of sp³-hybridized carbons (Fsp3) is 0.429. The number of anilines is 1. The van der Waals surface area contributed by atoms with E-state index < -0.39 is 0 Å². The molecule has 1 aromatic carbocycles. The van der Waals surface area contributed by atoms with E-state index in [1.54, 1.807) is 24.3 Å². The van der Waals surface area contributed by atoms with Crippen molar-refractivity contribution in [1.29, 1.82) is 0 Å². The molecule has 0 spiro atoms. The van der Waals surface area contributed by atoms with Crippen LogP contribution in [0.3, 0.4) is 0 Å². The summed E-state index contributed by atoms with van der Waals surface area (Å²) in [6.07, 6.45) is 1.78. The first kappa shape index (κ1) is 12.8. The van der Waals surface area contributed by atoms with Crippen LogP contribution >= 0.6 is 0 Å². The van der Waals surface area contributed by atoms with Gasteiger partial charge in [-0.3, -0.25) is 9.59 Å². The fourth-order valence-electron chi connectivity index (χ4n) is 2.01. The Bertz CT molecular complexity index is 450. The molecule has 0 bridgehead atoms. The van der Waals surface area contributed by atoms with E-state index in [9.17, 15) is 9.59 Å². The third-order valence-electron chi connectivity index (χ3n) is 3.07. The zero-order valence-corrected chi connectivity index (χ0v) is 10.4. The molecule has 0 aliphatic carbocycles. The average molecular weight is 247 g/mol. The predicted molar refractivity (Wildman–Crippen MR) is 68.6 cm³/mol. The maximum Gasteiger partial charge on any atom is 0.229 e. The lowest BCUT2D eigenvalue weighted by Crippen LogP contribution is -2.30. The van der Waals surface area contributed by atoms with Crippen LogP contribution in [0.5, 0.6) is 0 Å². The Labute approximate surface area is 106 Å². The molecule has 1 heterocycles. The Morgan fingerprint density at radius 3 is 2.89 bits per heavy atom. The minimum absolute atomic E-state index is 0.00732. The van der Waals surface area contributed by atoms with Gasteiger partial charge in [0.05, 0.1) is 12.5 Å². The topological polar surface area (TPSA) is 55.4 Å². The molecule has 1 N–H and O–H groups in total. The molecule has 1 unspecified atom stereocenters. The number of rotatable bonds is 3. The minimum atomic E-state index is -0.0836. The summed E-state index contributed by atoms with van der Waals surface area (Å²) in [7, 11) is 0. The van der Waals surface area contributed by atoms with E-state index in [0.717, 1.165) is 19.4 Å². The number of ketones is 1. The number of nitrogens with one attached hydrogen (secondary N) is 1. The van der Waals surface area contributed by atoms with Crippen molar-refractivity contribution < 1.29 is 14.3 Å². The highest BCUT2D eigenvalue weighted by Gasteiger charge is 2.21. The fourth-order valence-corrected chi connectivity index (χ4v) is 2.01. The van der Waals surface area contributed by atoms with E-state index in [2.05, 4.69) is 5.32 Å². The predicted octanol–water partition coefficient (Wildman–Crippen LogP) is 2.25. The lowest BCUT2D eigenvalue weighted by Gasteiger charge is -2.21. The van der Waals surface area contributed by atoms with Gasteiger partial charge in [-0.1, -0.05) is 12.1 Å². The van der Waals surface area contributed by atoms with E-state index in [-0.39, 0.29) is 17.6 Å². The van der Waals surface area contributed by atoms with Crippen LogP contribution in [0.1, 0.15) is 30.1 Å². The summed E-state index contributed by atoms with van der Waals surface area (Å²) in [6, 6.07) is 6.99. The van der Waals surface area contributed by atoms with Crippen molar-refractivity contribution in [3.05, 3.63) is 29.8 Å². The summed E-state index contributed by atoms with van der Waals surface area (Å²) in [5.41, 5.74) is 1.27. The van der Waals surface area contributed by atoms with Gasteiger partial charge >= 0.3 is 0 Å². The van der Waals surface area contributed by atoms with Crippen LogP contribution in [0.15, 0.2) is 24.3 Å². The van der Waals surface area contributed by atoms with Crippen molar-refractivity contribution in [3.8, 4) is 0 Å². The van der Waals surface area contributed by atoms with Gasteiger partial charge in [0.2, 0.25) is 5.91 Å². The number of ether oxygens (including phenoxy) is 1. The van der Waals surface area contributed by atoms with Crippen LogP contribution in [0.2, 0.25) is 0 Å². The van der Waals surface area contributed by atoms with E-state index in [1.807, 2.05) is 0 Å². The molecular weight excluding hydrogens is 230 g/mol. The third-order valence-corrected chi connectivity index (χ3v) is 3.07. The maximum atomic E-state index is 12.0. The summed E-state index contributed by atoms with van der Waals surface area (Å²) in [4.78, 5) is 23.2. The third kappa shape index (κ3) is 3.17. The Kier molecular flexibility index (Phi) is 4.10. The van der Waals surface area contributed by atoms with Gasteiger partial charge in [0.15, 0.2) is 5.78 Å². The highest BCUT2D eigenvalue weighted by Crippen LogP contribution is 2.17. The molecule has 4 heteroatoms. The second-order valence-corrected chi connectivity index (χ2v) is 4.54. The molecule has 2 rings (SSSR count). The molecular formula is C14H17NO3. The molecule has 1 aromatic rings.